The second-order valence-corrected chi connectivity index (χ2v) is 11.9. The van der Waals surface area contributed by atoms with Gasteiger partial charge in [0, 0.05) is 22.5 Å². The Labute approximate surface area is 267 Å². The van der Waals surface area contributed by atoms with Crippen LogP contribution in [0.5, 0.6) is 0 Å². The molecule has 214 valence electrons. The maximum atomic E-state index is 5.22. The second-order valence-electron chi connectivity index (χ2n) is 11.9. The molecule has 2 heteroatoms. The first kappa shape index (κ1) is 26.3. The summed E-state index contributed by atoms with van der Waals surface area (Å²) in [4.78, 5) is 9.78. The van der Waals surface area contributed by atoms with Gasteiger partial charge in [-0.05, 0) is 97.4 Å². The summed E-state index contributed by atoms with van der Waals surface area (Å²) in [7, 11) is 0. The minimum absolute atomic E-state index is 0.968. The van der Waals surface area contributed by atoms with Crippen molar-refractivity contribution in [3.8, 4) is 44.6 Å². The molecule has 9 rings (SSSR count). The molecule has 0 spiro atoms. The van der Waals surface area contributed by atoms with E-state index < -0.39 is 0 Å². The number of nitrogens with zero attached hydrogens (tertiary/aromatic N) is 2. The molecule has 2 nitrogen and oxygen atoms in total. The number of rotatable bonds is 4. The Hall–Kier alpha value is -6.12. The van der Waals surface area contributed by atoms with Crippen molar-refractivity contribution in [1.82, 2.24) is 9.97 Å². The van der Waals surface area contributed by atoms with Crippen LogP contribution in [0.4, 0.5) is 0 Å². The van der Waals surface area contributed by atoms with E-state index in [0.717, 1.165) is 38.6 Å². The van der Waals surface area contributed by atoms with Crippen molar-refractivity contribution >= 4 is 43.4 Å². The van der Waals surface area contributed by atoms with E-state index in [-0.39, 0.29) is 0 Å². The first-order valence-corrected chi connectivity index (χ1v) is 15.6. The molecular formula is C44H28N2. The number of fused-ring (bicyclic) bond motifs is 4. The molecule has 0 aliphatic rings. The quantitative estimate of drug-likeness (QED) is 0.206. The van der Waals surface area contributed by atoms with Gasteiger partial charge in [-0.2, -0.15) is 0 Å². The number of hydrogen-bond donors (Lipinski definition) is 0. The minimum atomic E-state index is 0.968. The summed E-state index contributed by atoms with van der Waals surface area (Å²) in [6.45, 7) is 0. The third-order valence-corrected chi connectivity index (χ3v) is 9.09. The maximum Gasteiger partial charge on any atom is 0.0716 e. The van der Waals surface area contributed by atoms with Crippen molar-refractivity contribution in [3.63, 3.8) is 0 Å². The molecule has 0 saturated carbocycles. The van der Waals surface area contributed by atoms with E-state index in [2.05, 4.69) is 163 Å². The van der Waals surface area contributed by atoms with Crippen LogP contribution < -0.4 is 0 Å². The van der Waals surface area contributed by atoms with Crippen LogP contribution in [-0.2, 0) is 0 Å². The molecular weight excluding hydrogens is 556 g/mol. The van der Waals surface area contributed by atoms with Gasteiger partial charge >= 0.3 is 0 Å². The van der Waals surface area contributed by atoms with Crippen molar-refractivity contribution in [3.05, 3.63) is 170 Å². The molecule has 0 radical (unpaired) electrons. The maximum absolute atomic E-state index is 5.22. The summed E-state index contributed by atoms with van der Waals surface area (Å²) in [5, 5.41) is 7.22. The van der Waals surface area contributed by atoms with E-state index in [1.165, 1.54) is 49.4 Å². The van der Waals surface area contributed by atoms with Gasteiger partial charge in [0.2, 0.25) is 0 Å². The summed E-state index contributed by atoms with van der Waals surface area (Å²) < 4.78 is 0. The third-order valence-electron chi connectivity index (χ3n) is 9.09. The van der Waals surface area contributed by atoms with Crippen LogP contribution >= 0.6 is 0 Å². The van der Waals surface area contributed by atoms with Crippen LogP contribution in [0.25, 0.3) is 88.0 Å². The van der Waals surface area contributed by atoms with E-state index in [1.807, 2.05) is 12.3 Å². The molecule has 0 bridgehead atoms. The second kappa shape index (κ2) is 10.8. The SMILES string of the molecule is c1ccc2cc(-c3ccc4nc(-c5ccc6ccccc6c5)cc(-c5ccc(-c6ccnc7ccccc67)cc5)c4c3)ccc2c1. The van der Waals surface area contributed by atoms with Crippen molar-refractivity contribution < 1.29 is 0 Å². The van der Waals surface area contributed by atoms with Crippen molar-refractivity contribution in [2.75, 3.05) is 0 Å². The van der Waals surface area contributed by atoms with E-state index in [9.17, 15) is 0 Å². The van der Waals surface area contributed by atoms with Gasteiger partial charge in [-0.1, -0.05) is 121 Å². The topological polar surface area (TPSA) is 25.8 Å². The predicted octanol–water partition coefficient (Wildman–Crippen LogP) is 11.8. The Morgan fingerprint density at radius 1 is 0.326 bits per heavy atom. The van der Waals surface area contributed by atoms with Crippen LogP contribution in [-0.4, -0.2) is 9.97 Å². The summed E-state index contributed by atoms with van der Waals surface area (Å²) in [6.07, 6.45) is 1.89. The molecule has 46 heavy (non-hydrogen) atoms. The van der Waals surface area contributed by atoms with Crippen LogP contribution in [0.15, 0.2) is 170 Å². The molecule has 0 N–H and O–H groups in total. The van der Waals surface area contributed by atoms with Gasteiger partial charge in [-0.15, -0.1) is 0 Å². The number of aromatic nitrogens is 2. The number of pyridine rings is 2. The first-order chi connectivity index (χ1) is 22.8. The van der Waals surface area contributed by atoms with Crippen molar-refractivity contribution in [1.29, 1.82) is 0 Å². The highest BCUT2D eigenvalue weighted by molar-refractivity contribution is 6.01. The molecule has 0 saturated heterocycles. The summed E-state index contributed by atoms with van der Waals surface area (Å²) in [5.41, 5.74) is 11.1. The summed E-state index contributed by atoms with van der Waals surface area (Å²) >= 11 is 0. The van der Waals surface area contributed by atoms with E-state index in [4.69, 9.17) is 4.98 Å². The van der Waals surface area contributed by atoms with Gasteiger partial charge in [0.15, 0.2) is 0 Å². The summed E-state index contributed by atoms with van der Waals surface area (Å²) in [6, 6.07) is 58.6. The van der Waals surface area contributed by atoms with E-state index in [1.54, 1.807) is 0 Å². The standard InChI is InChI=1S/C44H28N2/c1-3-9-33-25-35(19-13-29(33)7-1)36-21-22-43-41(27-36)40(28-44(46-43)37-20-14-30-8-2-4-10-34(30)26-37)32-17-15-31(16-18-32)38-23-24-45-42-12-6-5-11-39(38)42/h1-28H. The van der Waals surface area contributed by atoms with Gasteiger partial charge in [0.25, 0.3) is 0 Å². The van der Waals surface area contributed by atoms with Gasteiger partial charge in [-0.3, -0.25) is 4.98 Å². The normalized spacial score (nSPS) is 11.5. The number of para-hydroxylation sites is 1. The largest absolute Gasteiger partial charge is 0.256 e. The fourth-order valence-corrected chi connectivity index (χ4v) is 6.69. The lowest BCUT2D eigenvalue weighted by molar-refractivity contribution is 1.40. The van der Waals surface area contributed by atoms with Gasteiger partial charge in [0.05, 0.1) is 16.7 Å². The summed E-state index contributed by atoms with van der Waals surface area (Å²) in [5.74, 6) is 0. The van der Waals surface area contributed by atoms with E-state index in [0.29, 0.717) is 0 Å². The van der Waals surface area contributed by atoms with Crippen LogP contribution in [0.1, 0.15) is 0 Å². The minimum Gasteiger partial charge on any atom is -0.256 e. The van der Waals surface area contributed by atoms with E-state index >= 15 is 0 Å². The molecule has 9 aromatic rings. The zero-order valence-corrected chi connectivity index (χ0v) is 25.1. The molecule has 0 amide bonds. The lowest BCUT2D eigenvalue weighted by Crippen LogP contribution is -1.92. The lowest BCUT2D eigenvalue weighted by Gasteiger charge is -2.14. The Morgan fingerprint density at radius 3 is 1.65 bits per heavy atom. The first-order valence-electron chi connectivity index (χ1n) is 15.6. The molecule has 7 aromatic carbocycles. The van der Waals surface area contributed by atoms with Gasteiger partial charge in [-0.25, -0.2) is 4.98 Å². The van der Waals surface area contributed by atoms with Crippen LogP contribution in [0, 0.1) is 0 Å². The monoisotopic (exact) mass is 584 g/mol. The molecule has 0 aliphatic carbocycles. The predicted molar refractivity (Wildman–Crippen MR) is 194 cm³/mol. The zero-order chi connectivity index (χ0) is 30.5. The molecule has 0 aliphatic heterocycles. The van der Waals surface area contributed by atoms with Crippen molar-refractivity contribution in [2.45, 2.75) is 0 Å². The highest BCUT2D eigenvalue weighted by Crippen LogP contribution is 2.37. The van der Waals surface area contributed by atoms with Crippen molar-refractivity contribution in [2.24, 2.45) is 0 Å². The Balaban J connectivity index is 1.22. The highest BCUT2D eigenvalue weighted by atomic mass is 14.7. The number of benzene rings is 7. The Bertz CT molecular complexity index is 2580. The Kier molecular flexibility index (Phi) is 6.17. The van der Waals surface area contributed by atoms with Crippen LogP contribution in [0.2, 0.25) is 0 Å². The Morgan fingerprint density at radius 2 is 0.891 bits per heavy atom. The smallest absolute Gasteiger partial charge is 0.0716 e. The average Bonchev–Trinajstić information content (AvgIpc) is 3.13. The van der Waals surface area contributed by atoms with Gasteiger partial charge < -0.3 is 0 Å². The fourth-order valence-electron chi connectivity index (χ4n) is 6.69. The zero-order valence-electron chi connectivity index (χ0n) is 25.1. The lowest BCUT2D eigenvalue weighted by atomic mass is 9.93. The molecule has 2 heterocycles. The molecule has 0 atom stereocenters. The van der Waals surface area contributed by atoms with Gasteiger partial charge in [0.1, 0.15) is 0 Å². The molecule has 0 unspecified atom stereocenters. The highest BCUT2D eigenvalue weighted by Gasteiger charge is 2.13. The molecule has 2 aromatic heterocycles. The fraction of sp³-hybridized carbons (Fsp3) is 0. The number of hydrogen-bond acceptors (Lipinski definition) is 2. The average molecular weight is 585 g/mol. The van der Waals surface area contributed by atoms with Crippen LogP contribution in [0.3, 0.4) is 0 Å². The molecule has 0 fully saturated rings. The third kappa shape index (κ3) is 4.60.